The van der Waals surface area contributed by atoms with E-state index in [4.69, 9.17) is 4.42 Å². The Morgan fingerprint density at radius 3 is 2.59 bits per heavy atom. The van der Waals surface area contributed by atoms with Gasteiger partial charge in [0.1, 0.15) is 12.1 Å². The van der Waals surface area contributed by atoms with Gasteiger partial charge in [-0.05, 0) is 13.3 Å². The summed E-state index contributed by atoms with van der Waals surface area (Å²) in [6, 6.07) is 6.85. The van der Waals surface area contributed by atoms with Crippen molar-refractivity contribution in [1.29, 1.82) is 0 Å². The van der Waals surface area contributed by atoms with Crippen molar-refractivity contribution >= 4 is 16.8 Å². The highest BCUT2D eigenvalue weighted by atomic mass is 16.6. The molecule has 112 valence electrons. The van der Waals surface area contributed by atoms with Gasteiger partial charge in [0.2, 0.25) is 5.89 Å². The predicted molar refractivity (Wildman–Crippen MR) is 81.3 cm³/mol. The quantitative estimate of drug-likeness (QED) is 0.421. The Morgan fingerprint density at radius 2 is 2.00 bits per heavy atom. The summed E-state index contributed by atoms with van der Waals surface area (Å²) >= 11 is 0. The van der Waals surface area contributed by atoms with Gasteiger partial charge in [0.05, 0.1) is 4.92 Å². The highest BCUT2D eigenvalue weighted by Crippen LogP contribution is 2.30. The average Bonchev–Trinajstić information content (AvgIpc) is 2.97. The van der Waals surface area contributed by atoms with E-state index in [1.165, 1.54) is 6.07 Å². The van der Waals surface area contributed by atoms with Crippen LogP contribution in [0.15, 0.2) is 41.1 Å². The van der Waals surface area contributed by atoms with E-state index >= 15 is 0 Å². The average molecular weight is 298 g/mol. The van der Waals surface area contributed by atoms with Crippen LogP contribution >= 0.6 is 0 Å². The number of rotatable bonds is 4. The van der Waals surface area contributed by atoms with Crippen LogP contribution in [0.3, 0.4) is 0 Å². The first-order chi connectivity index (χ1) is 10.6. The fraction of sp³-hybridized carbons (Fsp3) is 0.250. The lowest BCUT2D eigenvalue weighted by atomic mass is 10.1. The van der Waals surface area contributed by atoms with E-state index in [0.717, 1.165) is 17.7 Å². The lowest BCUT2D eigenvalue weighted by Crippen LogP contribution is -2.30. The minimum Gasteiger partial charge on any atom is -0.436 e. The highest BCUT2D eigenvalue weighted by Gasteiger charge is 2.17. The summed E-state index contributed by atoms with van der Waals surface area (Å²) in [5.41, 5.74) is 2.83. The first-order valence-corrected chi connectivity index (χ1v) is 7.19. The van der Waals surface area contributed by atoms with Gasteiger partial charge < -0.3 is 4.42 Å². The molecule has 6 nitrogen and oxygen atoms in total. The molecule has 3 aromatic rings. The van der Waals surface area contributed by atoms with E-state index in [9.17, 15) is 10.1 Å². The molecule has 0 fully saturated rings. The zero-order valence-electron chi connectivity index (χ0n) is 12.4. The monoisotopic (exact) mass is 298 g/mol. The number of pyridine rings is 1. The molecule has 3 rings (SSSR count). The summed E-state index contributed by atoms with van der Waals surface area (Å²) in [4.78, 5) is 15.0. The number of fused-ring (bicyclic) bond motifs is 1. The van der Waals surface area contributed by atoms with Crippen LogP contribution in [0.5, 0.6) is 0 Å². The van der Waals surface area contributed by atoms with Crippen LogP contribution in [-0.2, 0) is 13.0 Å². The van der Waals surface area contributed by atoms with Crippen LogP contribution in [0.2, 0.25) is 0 Å². The number of aryl methyl sites for hydroxylation is 2. The minimum atomic E-state index is -0.403. The molecule has 1 aromatic carbocycles. The van der Waals surface area contributed by atoms with E-state index in [2.05, 4.69) is 11.9 Å². The van der Waals surface area contributed by atoms with Crippen LogP contribution in [0.25, 0.3) is 22.6 Å². The number of aromatic nitrogens is 2. The molecule has 22 heavy (non-hydrogen) atoms. The summed E-state index contributed by atoms with van der Waals surface area (Å²) in [6.45, 7) is 4.89. The van der Waals surface area contributed by atoms with Gasteiger partial charge in [0.25, 0.3) is 5.69 Å². The van der Waals surface area contributed by atoms with Gasteiger partial charge in [0, 0.05) is 35.4 Å². The zero-order valence-corrected chi connectivity index (χ0v) is 12.4. The Labute approximate surface area is 127 Å². The Hall–Kier alpha value is -2.76. The van der Waals surface area contributed by atoms with Gasteiger partial charge in [-0.2, -0.15) is 0 Å². The van der Waals surface area contributed by atoms with Crippen LogP contribution in [-0.4, -0.2) is 9.91 Å². The van der Waals surface area contributed by atoms with Crippen molar-refractivity contribution in [2.45, 2.75) is 26.8 Å². The molecule has 0 N–H and O–H groups in total. The number of nitro groups is 1. The Balaban J connectivity index is 2.13. The van der Waals surface area contributed by atoms with Gasteiger partial charge in [-0.1, -0.05) is 6.92 Å². The summed E-state index contributed by atoms with van der Waals surface area (Å²) in [6.07, 6.45) is 4.55. The zero-order chi connectivity index (χ0) is 15.7. The van der Waals surface area contributed by atoms with E-state index in [1.807, 2.05) is 36.0 Å². The van der Waals surface area contributed by atoms with Crippen LogP contribution in [0, 0.1) is 10.1 Å². The molecule has 0 saturated heterocycles. The molecule has 0 aliphatic rings. The fourth-order valence-corrected chi connectivity index (χ4v) is 2.39. The van der Waals surface area contributed by atoms with Crippen molar-refractivity contribution < 1.29 is 13.9 Å². The number of benzene rings is 1. The summed E-state index contributed by atoms with van der Waals surface area (Å²) in [7, 11) is 0. The highest BCUT2D eigenvalue weighted by molar-refractivity contribution is 5.82. The third kappa shape index (κ3) is 2.43. The molecule has 0 atom stereocenters. The Morgan fingerprint density at radius 1 is 1.27 bits per heavy atom. The van der Waals surface area contributed by atoms with Crippen molar-refractivity contribution in [3.8, 4) is 11.5 Å². The van der Waals surface area contributed by atoms with E-state index < -0.39 is 4.92 Å². The normalized spacial score (nSPS) is 11.0. The lowest BCUT2D eigenvalue weighted by Gasteiger charge is -1.97. The molecule has 0 amide bonds. The number of hydrogen-bond donors (Lipinski definition) is 0. The molecule has 6 heteroatoms. The van der Waals surface area contributed by atoms with Gasteiger partial charge in [-0.15, -0.1) is 0 Å². The summed E-state index contributed by atoms with van der Waals surface area (Å²) < 4.78 is 7.88. The first kappa shape index (κ1) is 14.2. The molecule has 0 radical (unpaired) electrons. The topological polar surface area (TPSA) is 73.1 Å². The maximum atomic E-state index is 11.0. The van der Waals surface area contributed by atoms with Crippen LogP contribution in [0.4, 0.5) is 5.69 Å². The smallest absolute Gasteiger partial charge is 0.272 e. The standard InChI is InChI=1S/C16H16N3O3/c1-3-11-9-13(19(20)21)10-14-15(11)22-16(17-14)12-5-7-18(4-2)8-6-12/h5-10H,3-4H2,1-2H3/q+1. The fourth-order valence-electron chi connectivity index (χ4n) is 2.39. The van der Waals surface area contributed by atoms with Gasteiger partial charge in [0.15, 0.2) is 18.0 Å². The van der Waals surface area contributed by atoms with Crippen LogP contribution < -0.4 is 4.57 Å². The second-order valence-corrected chi connectivity index (χ2v) is 5.00. The SMILES string of the molecule is CCc1cc([N+](=O)[O-])cc2nc(-c3cc[n+](CC)cc3)oc12. The molecule has 2 aromatic heterocycles. The van der Waals surface area contributed by atoms with Crippen molar-refractivity contribution in [3.05, 3.63) is 52.3 Å². The second kappa shape index (κ2) is 5.55. The third-order valence-corrected chi connectivity index (χ3v) is 3.65. The largest absolute Gasteiger partial charge is 0.436 e. The van der Waals surface area contributed by atoms with E-state index in [0.29, 0.717) is 23.4 Å². The van der Waals surface area contributed by atoms with Gasteiger partial charge in [-0.3, -0.25) is 10.1 Å². The first-order valence-electron chi connectivity index (χ1n) is 7.19. The Bertz CT molecular complexity index is 838. The van der Waals surface area contributed by atoms with Gasteiger partial charge in [-0.25, -0.2) is 9.55 Å². The van der Waals surface area contributed by atoms with Crippen molar-refractivity contribution in [2.75, 3.05) is 0 Å². The van der Waals surface area contributed by atoms with Crippen molar-refractivity contribution in [3.63, 3.8) is 0 Å². The minimum absolute atomic E-state index is 0.0427. The maximum Gasteiger partial charge on any atom is 0.272 e. The molecule has 0 spiro atoms. The van der Waals surface area contributed by atoms with Crippen molar-refractivity contribution in [1.82, 2.24) is 4.98 Å². The number of nitrogens with zero attached hydrogens (tertiary/aromatic N) is 3. The second-order valence-electron chi connectivity index (χ2n) is 5.00. The van der Waals surface area contributed by atoms with E-state index in [1.54, 1.807) is 6.07 Å². The molecule has 0 aliphatic heterocycles. The number of nitro benzene ring substituents is 1. The molecule has 0 aliphatic carbocycles. The van der Waals surface area contributed by atoms with Crippen molar-refractivity contribution in [2.24, 2.45) is 0 Å². The van der Waals surface area contributed by atoms with Crippen LogP contribution in [0.1, 0.15) is 19.4 Å². The maximum absolute atomic E-state index is 11.0. The molecular weight excluding hydrogens is 282 g/mol. The molecule has 0 unspecified atom stereocenters. The molecular formula is C16H16N3O3+. The lowest BCUT2D eigenvalue weighted by molar-refractivity contribution is -0.693. The summed E-state index contributed by atoms with van der Waals surface area (Å²) in [5.74, 6) is 0.480. The molecule has 2 heterocycles. The third-order valence-electron chi connectivity index (χ3n) is 3.65. The molecule has 0 bridgehead atoms. The number of non-ortho nitro benzene ring substituents is 1. The Kier molecular flexibility index (Phi) is 3.58. The number of oxazole rings is 1. The van der Waals surface area contributed by atoms with Gasteiger partial charge >= 0.3 is 0 Å². The number of hydrogen-bond acceptors (Lipinski definition) is 4. The van der Waals surface area contributed by atoms with E-state index in [-0.39, 0.29) is 5.69 Å². The summed E-state index contributed by atoms with van der Waals surface area (Å²) in [5, 5.41) is 11.0. The predicted octanol–water partition coefficient (Wildman–Crippen LogP) is 3.27. The molecule has 0 saturated carbocycles.